The number of nitrogens with one attached hydrogen (secondary N) is 2. The van der Waals surface area contributed by atoms with Gasteiger partial charge in [0.05, 0.1) is 11.4 Å². The highest BCUT2D eigenvalue weighted by atomic mass is 32.2. The minimum absolute atomic E-state index is 0.331. The van der Waals surface area contributed by atoms with Crippen molar-refractivity contribution in [2.45, 2.75) is 24.5 Å². The van der Waals surface area contributed by atoms with Gasteiger partial charge in [-0.25, -0.2) is 8.42 Å². The molecule has 0 saturated carbocycles. The second-order valence-corrected chi connectivity index (χ2v) is 7.64. The predicted molar refractivity (Wildman–Crippen MR) is 86.3 cm³/mol. The molecule has 0 aliphatic rings. The van der Waals surface area contributed by atoms with Gasteiger partial charge in [0.2, 0.25) is 0 Å². The number of likely N-dealkylation sites (N-methyl/N-ethyl adjacent to an activating group) is 1. The quantitative estimate of drug-likeness (QED) is 0.767. The summed E-state index contributed by atoms with van der Waals surface area (Å²) in [5.41, 5.74) is 1.17. The van der Waals surface area contributed by atoms with Gasteiger partial charge in [-0.15, -0.1) is 11.3 Å². The maximum absolute atomic E-state index is 12.4. The van der Waals surface area contributed by atoms with E-state index in [2.05, 4.69) is 15.0 Å². The van der Waals surface area contributed by atoms with E-state index in [1.165, 1.54) is 11.3 Å². The van der Waals surface area contributed by atoms with Gasteiger partial charge in [-0.05, 0) is 50.7 Å². The zero-order valence-electron chi connectivity index (χ0n) is 12.1. The Morgan fingerprint density at radius 3 is 2.81 bits per heavy atom. The van der Waals surface area contributed by atoms with Crippen LogP contribution in [0.5, 0.6) is 0 Å². The Morgan fingerprint density at radius 1 is 1.29 bits per heavy atom. The van der Waals surface area contributed by atoms with Gasteiger partial charge >= 0.3 is 0 Å². The molecule has 7 heteroatoms. The van der Waals surface area contributed by atoms with Crippen molar-refractivity contribution < 1.29 is 8.42 Å². The van der Waals surface area contributed by atoms with Crippen LogP contribution in [0.1, 0.15) is 17.5 Å². The van der Waals surface area contributed by atoms with Gasteiger partial charge in [0.1, 0.15) is 4.21 Å². The van der Waals surface area contributed by atoms with Crippen LogP contribution in [-0.4, -0.2) is 26.5 Å². The molecule has 0 spiro atoms. The van der Waals surface area contributed by atoms with Crippen molar-refractivity contribution in [3.05, 3.63) is 41.0 Å². The molecule has 114 valence electrons. The molecular weight excluding hydrogens is 306 g/mol. The largest absolute Gasteiger partial charge is 0.317 e. The van der Waals surface area contributed by atoms with E-state index in [-0.39, 0.29) is 0 Å². The second-order valence-electron chi connectivity index (χ2n) is 4.57. The Bertz CT molecular complexity index is 696. The Balaban J connectivity index is 2.11. The van der Waals surface area contributed by atoms with E-state index >= 15 is 0 Å². The van der Waals surface area contributed by atoms with Gasteiger partial charge in [-0.3, -0.25) is 9.71 Å². The lowest BCUT2D eigenvalue weighted by Gasteiger charge is -2.07. The first kappa shape index (κ1) is 15.9. The van der Waals surface area contributed by atoms with Crippen molar-refractivity contribution in [2.24, 2.45) is 0 Å². The molecule has 0 radical (unpaired) electrons. The Kier molecular flexibility index (Phi) is 5.33. The maximum Gasteiger partial charge on any atom is 0.271 e. The molecule has 0 aromatic carbocycles. The molecule has 2 N–H and O–H groups in total. The molecule has 21 heavy (non-hydrogen) atoms. The summed E-state index contributed by atoms with van der Waals surface area (Å²) < 4.78 is 27.6. The molecular formula is C14H19N3O2S2. The fourth-order valence-corrected chi connectivity index (χ4v) is 4.29. The van der Waals surface area contributed by atoms with Crippen molar-refractivity contribution in [2.75, 3.05) is 17.8 Å². The van der Waals surface area contributed by atoms with E-state index in [4.69, 9.17) is 0 Å². The van der Waals surface area contributed by atoms with Crippen molar-refractivity contribution in [1.82, 2.24) is 10.3 Å². The highest BCUT2D eigenvalue weighted by Crippen LogP contribution is 2.25. The second kappa shape index (κ2) is 7.02. The summed E-state index contributed by atoms with van der Waals surface area (Å²) in [4.78, 5) is 5.14. The highest BCUT2D eigenvalue weighted by Gasteiger charge is 2.17. The number of hydrogen-bond donors (Lipinski definition) is 2. The van der Waals surface area contributed by atoms with Crippen LogP contribution in [0.3, 0.4) is 0 Å². The van der Waals surface area contributed by atoms with Gasteiger partial charge in [-0.2, -0.15) is 0 Å². The average molecular weight is 325 g/mol. The number of sulfonamides is 1. The van der Waals surface area contributed by atoms with Crippen LogP contribution in [-0.2, 0) is 16.4 Å². The molecule has 0 saturated heterocycles. The first-order valence-corrected chi connectivity index (χ1v) is 9.07. The molecule has 0 atom stereocenters. The van der Waals surface area contributed by atoms with Crippen LogP contribution in [0.4, 0.5) is 5.69 Å². The maximum atomic E-state index is 12.4. The minimum atomic E-state index is -3.54. The fourth-order valence-electron chi connectivity index (χ4n) is 1.81. The van der Waals surface area contributed by atoms with Gasteiger partial charge in [-0.1, -0.05) is 6.92 Å². The van der Waals surface area contributed by atoms with Crippen molar-refractivity contribution in [3.63, 3.8) is 0 Å². The molecule has 0 aliphatic carbocycles. The average Bonchev–Trinajstić information content (AvgIpc) is 2.91. The van der Waals surface area contributed by atoms with Gasteiger partial charge in [0.25, 0.3) is 10.0 Å². The first-order chi connectivity index (χ1) is 10.0. The zero-order chi connectivity index (χ0) is 15.3. The SMILES string of the molecule is CCNCCc1ccc(S(=O)(=O)Nc2cccnc2C)s1. The number of nitrogens with zero attached hydrogens (tertiary/aromatic N) is 1. The van der Waals surface area contributed by atoms with Crippen molar-refractivity contribution in [1.29, 1.82) is 0 Å². The van der Waals surface area contributed by atoms with E-state index in [0.29, 0.717) is 15.6 Å². The van der Waals surface area contributed by atoms with E-state index in [0.717, 1.165) is 24.4 Å². The lowest BCUT2D eigenvalue weighted by Crippen LogP contribution is -2.15. The molecule has 2 heterocycles. The van der Waals surface area contributed by atoms with E-state index in [1.807, 2.05) is 13.0 Å². The van der Waals surface area contributed by atoms with Crippen molar-refractivity contribution in [3.8, 4) is 0 Å². The number of pyridine rings is 1. The molecule has 0 unspecified atom stereocenters. The van der Waals surface area contributed by atoms with Gasteiger partial charge < -0.3 is 5.32 Å². The van der Waals surface area contributed by atoms with Crippen LogP contribution >= 0.6 is 11.3 Å². The monoisotopic (exact) mass is 325 g/mol. The smallest absolute Gasteiger partial charge is 0.271 e. The number of aryl methyl sites for hydroxylation is 1. The molecule has 0 bridgehead atoms. The summed E-state index contributed by atoms with van der Waals surface area (Å²) in [6.07, 6.45) is 2.47. The molecule has 2 aromatic rings. The summed E-state index contributed by atoms with van der Waals surface area (Å²) in [6.45, 7) is 5.59. The fraction of sp³-hybridized carbons (Fsp3) is 0.357. The third-order valence-electron chi connectivity index (χ3n) is 2.95. The molecule has 2 aromatic heterocycles. The topological polar surface area (TPSA) is 71.1 Å². The summed E-state index contributed by atoms with van der Waals surface area (Å²) in [5.74, 6) is 0. The highest BCUT2D eigenvalue weighted by molar-refractivity contribution is 7.94. The van der Waals surface area contributed by atoms with Crippen molar-refractivity contribution >= 4 is 27.0 Å². The summed E-state index contributed by atoms with van der Waals surface area (Å²) in [7, 11) is -3.54. The van der Waals surface area contributed by atoms with Crippen LogP contribution in [0.2, 0.25) is 0 Å². The number of aromatic nitrogens is 1. The van der Waals surface area contributed by atoms with Crippen LogP contribution < -0.4 is 10.0 Å². The Labute approximate surface area is 129 Å². The van der Waals surface area contributed by atoms with Crippen LogP contribution in [0.15, 0.2) is 34.7 Å². The summed E-state index contributed by atoms with van der Waals surface area (Å²) in [5, 5.41) is 3.23. The standard InChI is InChI=1S/C14H19N3O2S2/c1-3-15-10-8-12-6-7-14(20-12)21(18,19)17-13-5-4-9-16-11(13)2/h4-7,9,15,17H,3,8,10H2,1-2H3. The Hall–Kier alpha value is -1.44. The number of rotatable bonds is 7. The summed E-state index contributed by atoms with van der Waals surface area (Å²) in [6, 6.07) is 6.94. The third kappa shape index (κ3) is 4.26. The number of anilines is 1. The Morgan fingerprint density at radius 2 is 2.10 bits per heavy atom. The van der Waals surface area contributed by atoms with Gasteiger partial charge in [0.15, 0.2) is 0 Å². The lowest BCUT2D eigenvalue weighted by molar-refractivity contribution is 0.603. The van der Waals surface area contributed by atoms with E-state index in [9.17, 15) is 8.42 Å². The lowest BCUT2D eigenvalue weighted by atomic mass is 10.3. The zero-order valence-corrected chi connectivity index (χ0v) is 13.7. The number of thiophene rings is 1. The van der Waals surface area contributed by atoms with Crippen LogP contribution in [0, 0.1) is 6.92 Å². The molecule has 0 aliphatic heterocycles. The van der Waals surface area contributed by atoms with Gasteiger partial charge in [0, 0.05) is 11.1 Å². The first-order valence-electron chi connectivity index (χ1n) is 6.77. The molecule has 0 fully saturated rings. The molecule has 2 rings (SSSR count). The van der Waals surface area contributed by atoms with E-state index < -0.39 is 10.0 Å². The van der Waals surface area contributed by atoms with E-state index in [1.54, 1.807) is 31.3 Å². The number of hydrogen-bond acceptors (Lipinski definition) is 5. The van der Waals surface area contributed by atoms with Crippen LogP contribution in [0.25, 0.3) is 0 Å². The molecule has 0 amide bonds. The summed E-state index contributed by atoms with van der Waals surface area (Å²) >= 11 is 1.30. The minimum Gasteiger partial charge on any atom is -0.317 e. The normalized spacial score (nSPS) is 11.5. The molecule has 5 nitrogen and oxygen atoms in total. The predicted octanol–water partition coefficient (Wildman–Crippen LogP) is 2.40. The third-order valence-corrected chi connectivity index (χ3v) is 5.95.